The molecule has 0 saturated carbocycles. The van der Waals surface area contributed by atoms with Crippen molar-refractivity contribution in [2.45, 2.75) is 12.8 Å². The highest BCUT2D eigenvalue weighted by Crippen LogP contribution is 2.47. The van der Waals surface area contributed by atoms with Gasteiger partial charge in [0.25, 0.3) is 0 Å². The maximum absolute atomic E-state index is 6.52. The van der Waals surface area contributed by atoms with Gasteiger partial charge in [-0.15, -0.1) is 0 Å². The molecule has 0 spiro atoms. The molecule has 3 nitrogen and oxygen atoms in total. The molecule has 4 rings (SSSR count). The Labute approximate surface area is 173 Å². The van der Waals surface area contributed by atoms with Crippen LogP contribution in [0, 0.1) is 6.92 Å². The number of methoxy groups -OCH3 is 1. The summed E-state index contributed by atoms with van der Waals surface area (Å²) in [6.45, 7) is 2.92. The van der Waals surface area contributed by atoms with Gasteiger partial charge in [-0.3, -0.25) is 0 Å². The van der Waals surface area contributed by atoms with Gasteiger partial charge in [0.15, 0.2) is 0 Å². The largest absolute Gasteiger partial charge is 0.496 e. The molecule has 0 unspecified atom stereocenters. The molecule has 0 aromatic heterocycles. The summed E-state index contributed by atoms with van der Waals surface area (Å²) >= 11 is 0. The molecule has 0 N–H and O–H groups in total. The van der Waals surface area contributed by atoms with Crippen LogP contribution in [0.15, 0.2) is 78.4 Å². The second kappa shape index (κ2) is 8.14. The van der Waals surface area contributed by atoms with Crippen LogP contribution >= 0.6 is 0 Å². The standard InChI is InChI=1S/C26H27NO2/c1-18-13-15-19(16-14-18)25-20-9-5-8-12-24(20)29-26(22(25)17-27(2)3)21-10-6-7-11-23(21)28-4/h5-16,25H,17H2,1-4H3/t25-/m0/s1. The number of para-hydroxylation sites is 2. The van der Waals surface area contributed by atoms with Gasteiger partial charge >= 0.3 is 0 Å². The van der Waals surface area contributed by atoms with E-state index in [1.165, 1.54) is 22.3 Å². The molecule has 3 aromatic carbocycles. The van der Waals surface area contributed by atoms with E-state index in [2.05, 4.69) is 74.4 Å². The molecule has 0 aliphatic carbocycles. The molecule has 0 fully saturated rings. The summed E-state index contributed by atoms with van der Waals surface area (Å²) < 4.78 is 12.2. The number of fused-ring (bicyclic) bond motifs is 1. The lowest BCUT2D eigenvalue weighted by Gasteiger charge is -2.33. The first-order valence-electron chi connectivity index (χ1n) is 9.93. The summed E-state index contributed by atoms with van der Waals surface area (Å²) in [6, 6.07) is 25.3. The number of rotatable bonds is 5. The fourth-order valence-electron chi connectivity index (χ4n) is 4.01. The van der Waals surface area contributed by atoms with Crippen LogP contribution in [0.1, 0.15) is 28.2 Å². The van der Waals surface area contributed by atoms with Crippen LogP contribution in [0.4, 0.5) is 0 Å². The Bertz CT molecular complexity index is 1030. The fourth-order valence-corrected chi connectivity index (χ4v) is 4.01. The smallest absolute Gasteiger partial charge is 0.139 e. The van der Waals surface area contributed by atoms with Crippen molar-refractivity contribution in [2.24, 2.45) is 0 Å². The van der Waals surface area contributed by atoms with Crippen LogP contribution in [-0.4, -0.2) is 32.6 Å². The van der Waals surface area contributed by atoms with Crippen molar-refractivity contribution in [2.75, 3.05) is 27.7 Å². The first-order valence-corrected chi connectivity index (χ1v) is 9.93. The van der Waals surface area contributed by atoms with Crippen LogP contribution in [0.25, 0.3) is 5.76 Å². The zero-order valence-corrected chi connectivity index (χ0v) is 17.5. The van der Waals surface area contributed by atoms with Gasteiger partial charge < -0.3 is 14.4 Å². The Kier molecular flexibility index (Phi) is 5.41. The van der Waals surface area contributed by atoms with Gasteiger partial charge in [-0.2, -0.15) is 0 Å². The van der Waals surface area contributed by atoms with Crippen LogP contribution in [0.5, 0.6) is 11.5 Å². The summed E-state index contributed by atoms with van der Waals surface area (Å²) in [5.41, 5.74) is 5.96. The van der Waals surface area contributed by atoms with E-state index in [-0.39, 0.29) is 5.92 Å². The van der Waals surface area contributed by atoms with Gasteiger partial charge in [-0.1, -0.05) is 60.2 Å². The lowest BCUT2D eigenvalue weighted by atomic mass is 9.80. The van der Waals surface area contributed by atoms with E-state index in [4.69, 9.17) is 9.47 Å². The van der Waals surface area contributed by atoms with Crippen LogP contribution in [-0.2, 0) is 0 Å². The molecule has 0 amide bonds. The van der Waals surface area contributed by atoms with E-state index in [0.29, 0.717) is 0 Å². The number of hydrogen-bond acceptors (Lipinski definition) is 3. The minimum atomic E-state index is 0.128. The molecule has 1 atom stereocenters. The Morgan fingerprint density at radius 3 is 2.31 bits per heavy atom. The number of nitrogens with zero attached hydrogens (tertiary/aromatic N) is 1. The van der Waals surface area contributed by atoms with Crippen molar-refractivity contribution in [1.82, 2.24) is 4.90 Å². The van der Waals surface area contributed by atoms with Crippen molar-refractivity contribution >= 4 is 5.76 Å². The van der Waals surface area contributed by atoms with Crippen molar-refractivity contribution in [1.29, 1.82) is 0 Å². The van der Waals surface area contributed by atoms with Crippen molar-refractivity contribution in [3.05, 3.63) is 101 Å². The third-order valence-corrected chi connectivity index (χ3v) is 5.33. The molecule has 0 saturated heterocycles. The third-order valence-electron chi connectivity index (χ3n) is 5.33. The van der Waals surface area contributed by atoms with Gasteiger partial charge in [0.2, 0.25) is 0 Å². The second-order valence-corrected chi connectivity index (χ2v) is 7.78. The number of benzene rings is 3. The molecular weight excluding hydrogens is 358 g/mol. The van der Waals surface area contributed by atoms with Crippen LogP contribution in [0.2, 0.25) is 0 Å². The van der Waals surface area contributed by atoms with E-state index in [1.807, 2.05) is 24.3 Å². The van der Waals surface area contributed by atoms with Crippen LogP contribution < -0.4 is 9.47 Å². The van der Waals surface area contributed by atoms with Gasteiger partial charge in [-0.05, 0) is 50.4 Å². The zero-order chi connectivity index (χ0) is 20.4. The van der Waals surface area contributed by atoms with Gasteiger partial charge in [0.05, 0.1) is 12.7 Å². The molecule has 3 aromatic rings. The van der Waals surface area contributed by atoms with Gasteiger partial charge in [0.1, 0.15) is 17.3 Å². The molecule has 1 heterocycles. The number of hydrogen-bond donors (Lipinski definition) is 0. The van der Waals surface area contributed by atoms with E-state index < -0.39 is 0 Å². The molecule has 1 aliphatic heterocycles. The highest BCUT2D eigenvalue weighted by Gasteiger charge is 2.32. The quantitative estimate of drug-likeness (QED) is 0.579. The number of likely N-dealkylation sites (N-methyl/N-ethyl adjacent to an activating group) is 1. The molecule has 29 heavy (non-hydrogen) atoms. The minimum absolute atomic E-state index is 0.128. The molecule has 1 aliphatic rings. The van der Waals surface area contributed by atoms with E-state index >= 15 is 0 Å². The van der Waals surface area contributed by atoms with E-state index in [0.717, 1.165) is 29.4 Å². The normalized spacial score (nSPS) is 15.8. The summed E-state index contributed by atoms with van der Waals surface area (Å²) in [7, 11) is 5.90. The Hall–Kier alpha value is -3.04. The van der Waals surface area contributed by atoms with Crippen molar-refractivity contribution in [3.8, 4) is 11.5 Å². The molecule has 0 bridgehead atoms. The maximum atomic E-state index is 6.52. The summed E-state index contributed by atoms with van der Waals surface area (Å²) in [4.78, 5) is 2.20. The Balaban J connectivity index is 1.98. The predicted octanol–water partition coefficient (Wildman–Crippen LogP) is 5.50. The summed E-state index contributed by atoms with van der Waals surface area (Å²) in [5.74, 6) is 2.74. The highest BCUT2D eigenvalue weighted by molar-refractivity contribution is 5.75. The molecule has 0 radical (unpaired) electrons. The lowest BCUT2D eigenvalue weighted by Crippen LogP contribution is -2.25. The number of ether oxygens (including phenoxy) is 2. The van der Waals surface area contributed by atoms with Gasteiger partial charge in [-0.25, -0.2) is 0 Å². The highest BCUT2D eigenvalue weighted by atomic mass is 16.5. The SMILES string of the molecule is COc1ccccc1C1=C(CN(C)C)[C@@H](c2ccc(C)cc2)c2ccccc2O1. The predicted molar refractivity (Wildman–Crippen MR) is 119 cm³/mol. The monoisotopic (exact) mass is 385 g/mol. The average Bonchev–Trinajstić information content (AvgIpc) is 2.73. The minimum Gasteiger partial charge on any atom is -0.496 e. The average molecular weight is 386 g/mol. The van der Waals surface area contributed by atoms with Crippen LogP contribution in [0.3, 0.4) is 0 Å². The summed E-state index contributed by atoms with van der Waals surface area (Å²) in [5, 5.41) is 0. The summed E-state index contributed by atoms with van der Waals surface area (Å²) in [6.07, 6.45) is 0. The zero-order valence-electron chi connectivity index (χ0n) is 17.5. The first-order chi connectivity index (χ1) is 14.1. The van der Waals surface area contributed by atoms with Crippen molar-refractivity contribution in [3.63, 3.8) is 0 Å². The lowest BCUT2D eigenvalue weighted by molar-refractivity contribution is 0.399. The van der Waals surface area contributed by atoms with E-state index in [9.17, 15) is 0 Å². The second-order valence-electron chi connectivity index (χ2n) is 7.78. The maximum Gasteiger partial charge on any atom is 0.139 e. The Morgan fingerprint density at radius 1 is 0.897 bits per heavy atom. The topological polar surface area (TPSA) is 21.7 Å². The van der Waals surface area contributed by atoms with E-state index in [1.54, 1.807) is 7.11 Å². The molecular formula is C26H27NO2. The third kappa shape index (κ3) is 3.79. The fraction of sp³-hybridized carbons (Fsp3) is 0.231. The first kappa shape index (κ1) is 19.3. The van der Waals surface area contributed by atoms with Gasteiger partial charge in [0, 0.05) is 18.0 Å². The molecule has 148 valence electrons. The van der Waals surface area contributed by atoms with Crippen molar-refractivity contribution < 1.29 is 9.47 Å². The number of aryl methyl sites for hydroxylation is 1. The molecule has 3 heteroatoms. The Morgan fingerprint density at radius 2 is 1.59 bits per heavy atom.